The zero-order valence-corrected chi connectivity index (χ0v) is 12.3. The minimum Gasteiger partial charge on any atom is -0.376 e. The Labute approximate surface area is 118 Å². The molecule has 100 valence electrons. The molecule has 0 aliphatic carbocycles. The molecule has 0 amide bonds. The van der Waals surface area contributed by atoms with Gasteiger partial charge in [0.2, 0.25) is 0 Å². The second-order valence-electron chi connectivity index (χ2n) is 4.57. The van der Waals surface area contributed by atoms with Crippen molar-refractivity contribution in [2.24, 2.45) is 0 Å². The number of rotatable bonds is 3. The Kier molecular flexibility index (Phi) is 3.90. The number of benzene rings is 1. The molecule has 2 rings (SSSR count). The average molecular weight is 277 g/mol. The first kappa shape index (κ1) is 13.6. The fraction of sp³-hybridized carbons (Fsp3) is 0.286. The first-order valence-corrected chi connectivity index (χ1v) is 6.41. The van der Waals surface area contributed by atoms with Crippen molar-refractivity contribution in [3.05, 3.63) is 40.8 Å². The van der Waals surface area contributed by atoms with Crippen molar-refractivity contribution in [2.45, 2.75) is 13.8 Å². The highest BCUT2D eigenvalue weighted by molar-refractivity contribution is 6.31. The van der Waals surface area contributed by atoms with Gasteiger partial charge in [-0.2, -0.15) is 0 Å². The van der Waals surface area contributed by atoms with Crippen LogP contribution in [0.15, 0.2) is 24.3 Å². The Bertz CT molecular complexity index is 596. The number of aryl methyl sites for hydroxylation is 2. The van der Waals surface area contributed by atoms with E-state index in [1.165, 1.54) is 0 Å². The summed E-state index contributed by atoms with van der Waals surface area (Å²) >= 11 is 6.13. The van der Waals surface area contributed by atoms with Crippen LogP contribution >= 0.6 is 11.6 Å². The standard InChI is InChI=1S/C14H17ClN4/c1-9-10(2)17-14(13(15)16-9)18-11-7-5-6-8-12(11)19(3)4/h5-8H,1-4H3,(H,17,18). The number of aromatic nitrogens is 2. The molecule has 19 heavy (non-hydrogen) atoms. The van der Waals surface area contributed by atoms with Crippen molar-refractivity contribution in [3.63, 3.8) is 0 Å². The normalized spacial score (nSPS) is 10.4. The second kappa shape index (κ2) is 5.45. The first-order chi connectivity index (χ1) is 8.99. The Morgan fingerprint density at radius 2 is 1.68 bits per heavy atom. The molecule has 1 aromatic heterocycles. The highest BCUT2D eigenvalue weighted by Gasteiger charge is 2.10. The van der Waals surface area contributed by atoms with E-state index in [9.17, 15) is 0 Å². The number of hydrogen-bond donors (Lipinski definition) is 1. The smallest absolute Gasteiger partial charge is 0.172 e. The molecule has 0 fully saturated rings. The molecule has 0 saturated carbocycles. The van der Waals surface area contributed by atoms with Crippen molar-refractivity contribution < 1.29 is 0 Å². The molecule has 0 spiro atoms. The summed E-state index contributed by atoms with van der Waals surface area (Å²) in [5.41, 5.74) is 3.73. The van der Waals surface area contributed by atoms with Gasteiger partial charge in [0, 0.05) is 14.1 Å². The van der Waals surface area contributed by atoms with Crippen molar-refractivity contribution in [1.82, 2.24) is 9.97 Å². The van der Waals surface area contributed by atoms with Gasteiger partial charge in [0.15, 0.2) is 11.0 Å². The highest BCUT2D eigenvalue weighted by atomic mass is 35.5. The van der Waals surface area contributed by atoms with Crippen LogP contribution in [0, 0.1) is 13.8 Å². The number of para-hydroxylation sites is 2. The van der Waals surface area contributed by atoms with Gasteiger partial charge in [0.25, 0.3) is 0 Å². The molecule has 0 aliphatic rings. The van der Waals surface area contributed by atoms with E-state index in [0.29, 0.717) is 11.0 Å². The van der Waals surface area contributed by atoms with Gasteiger partial charge in [0.1, 0.15) is 0 Å². The number of nitrogens with one attached hydrogen (secondary N) is 1. The second-order valence-corrected chi connectivity index (χ2v) is 4.93. The molecule has 1 aromatic carbocycles. The van der Waals surface area contributed by atoms with E-state index >= 15 is 0 Å². The molecule has 0 bridgehead atoms. The van der Waals surface area contributed by atoms with E-state index in [1.807, 2.05) is 57.1 Å². The van der Waals surface area contributed by atoms with Crippen LogP contribution in [0.4, 0.5) is 17.2 Å². The maximum absolute atomic E-state index is 6.13. The van der Waals surface area contributed by atoms with Crippen LogP contribution in [0.25, 0.3) is 0 Å². The van der Waals surface area contributed by atoms with Crippen LogP contribution in [0.3, 0.4) is 0 Å². The van der Waals surface area contributed by atoms with Crippen molar-refractivity contribution >= 4 is 28.8 Å². The summed E-state index contributed by atoms with van der Waals surface area (Å²) in [6.07, 6.45) is 0. The Morgan fingerprint density at radius 1 is 1.05 bits per heavy atom. The van der Waals surface area contributed by atoms with Gasteiger partial charge < -0.3 is 10.2 Å². The van der Waals surface area contributed by atoms with Gasteiger partial charge in [-0.1, -0.05) is 23.7 Å². The van der Waals surface area contributed by atoms with E-state index in [0.717, 1.165) is 22.8 Å². The zero-order valence-electron chi connectivity index (χ0n) is 11.5. The summed E-state index contributed by atoms with van der Waals surface area (Å²) in [4.78, 5) is 10.7. The summed E-state index contributed by atoms with van der Waals surface area (Å²) in [5.74, 6) is 0.582. The van der Waals surface area contributed by atoms with Crippen molar-refractivity contribution in [1.29, 1.82) is 0 Å². The van der Waals surface area contributed by atoms with Crippen LogP contribution in [-0.4, -0.2) is 24.1 Å². The lowest BCUT2D eigenvalue weighted by molar-refractivity contribution is 1.05. The third kappa shape index (κ3) is 2.96. The lowest BCUT2D eigenvalue weighted by Gasteiger charge is -2.18. The van der Waals surface area contributed by atoms with Crippen molar-refractivity contribution in [3.8, 4) is 0 Å². The minimum absolute atomic E-state index is 0.386. The van der Waals surface area contributed by atoms with Crippen molar-refractivity contribution in [2.75, 3.05) is 24.3 Å². The molecule has 0 unspecified atom stereocenters. The predicted molar refractivity (Wildman–Crippen MR) is 80.6 cm³/mol. The molecule has 0 saturated heterocycles. The molecule has 2 aromatic rings. The SMILES string of the molecule is Cc1nc(Cl)c(Nc2ccccc2N(C)C)nc1C. The fourth-order valence-electron chi connectivity index (χ4n) is 1.75. The molecule has 4 nitrogen and oxygen atoms in total. The van der Waals surface area contributed by atoms with Gasteiger partial charge in [0.05, 0.1) is 22.8 Å². The summed E-state index contributed by atoms with van der Waals surface area (Å²) in [6, 6.07) is 7.99. The van der Waals surface area contributed by atoms with Gasteiger partial charge in [-0.25, -0.2) is 9.97 Å². The van der Waals surface area contributed by atoms with E-state index < -0.39 is 0 Å². The van der Waals surface area contributed by atoms with Gasteiger partial charge in [-0.15, -0.1) is 0 Å². The summed E-state index contributed by atoms with van der Waals surface area (Å²) in [7, 11) is 3.99. The fourth-order valence-corrected chi connectivity index (χ4v) is 1.97. The number of halogens is 1. The Hall–Kier alpha value is -1.81. The number of anilines is 3. The Balaban J connectivity index is 2.39. The van der Waals surface area contributed by atoms with E-state index in [1.54, 1.807) is 0 Å². The summed E-state index contributed by atoms with van der Waals surface area (Å²) in [5, 5.41) is 3.63. The number of hydrogen-bond acceptors (Lipinski definition) is 4. The maximum atomic E-state index is 6.13. The number of nitrogens with zero attached hydrogens (tertiary/aromatic N) is 3. The van der Waals surface area contributed by atoms with E-state index in [-0.39, 0.29) is 0 Å². The molecule has 0 atom stereocenters. The Morgan fingerprint density at radius 3 is 2.37 bits per heavy atom. The topological polar surface area (TPSA) is 41.1 Å². The quantitative estimate of drug-likeness (QED) is 0.931. The summed E-state index contributed by atoms with van der Waals surface area (Å²) in [6.45, 7) is 3.81. The van der Waals surface area contributed by atoms with Gasteiger partial charge in [-0.05, 0) is 26.0 Å². The molecular weight excluding hydrogens is 260 g/mol. The zero-order chi connectivity index (χ0) is 14.0. The van der Waals surface area contributed by atoms with Gasteiger partial charge >= 0.3 is 0 Å². The van der Waals surface area contributed by atoms with Crippen LogP contribution in [0.2, 0.25) is 5.15 Å². The van der Waals surface area contributed by atoms with Crippen LogP contribution in [0.5, 0.6) is 0 Å². The van der Waals surface area contributed by atoms with Crippen LogP contribution in [-0.2, 0) is 0 Å². The summed E-state index contributed by atoms with van der Waals surface area (Å²) < 4.78 is 0. The third-order valence-corrected chi connectivity index (χ3v) is 3.17. The largest absolute Gasteiger partial charge is 0.376 e. The lowest BCUT2D eigenvalue weighted by Crippen LogP contribution is -2.11. The van der Waals surface area contributed by atoms with E-state index in [4.69, 9.17) is 11.6 Å². The third-order valence-electron chi connectivity index (χ3n) is 2.90. The first-order valence-electron chi connectivity index (χ1n) is 6.03. The van der Waals surface area contributed by atoms with Gasteiger partial charge in [-0.3, -0.25) is 0 Å². The molecule has 5 heteroatoms. The van der Waals surface area contributed by atoms with E-state index in [2.05, 4.69) is 15.3 Å². The minimum atomic E-state index is 0.386. The molecule has 1 N–H and O–H groups in total. The monoisotopic (exact) mass is 276 g/mol. The highest BCUT2D eigenvalue weighted by Crippen LogP contribution is 2.29. The average Bonchev–Trinajstić information content (AvgIpc) is 2.36. The molecule has 1 heterocycles. The molecule has 0 radical (unpaired) electrons. The van der Waals surface area contributed by atoms with Crippen LogP contribution in [0.1, 0.15) is 11.4 Å². The van der Waals surface area contributed by atoms with Crippen LogP contribution < -0.4 is 10.2 Å². The molecular formula is C14H17ClN4. The predicted octanol–water partition coefficient (Wildman–Crippen LogP) is 3.56. The maximum Gasteiger partial charge on any atom is 0.172 e. The molecule has 0 aliphatic heterocycles. The lowest BCUT2D eigenvalue weighted by atomic mass is 10.2.